The number of hydrogen-bond acceptors (Lipinski definition) is 6. The average Bonchev–Trinajstić information content (AvgIpc) is 2.85. The van der Waals surface area contributed by atoms with E-state index in [9.17, 15) is 18.0 Å². The van der Waals surface area contributed by atoms with Gasteiger partial charge in [-0.3, -0.25) is 13.9 Å². The zero-order valence-electron chi connectivity index (χ0n) is 20.4. The number of unbranched alkanes of at least 4 members (excludes halogenated alkanes) is 1. The Kier molecular flexibility index (Phi) is 8.97. The number of sulfonamides is 1. The Labute approximate surface area is 207 Å². The van der Waals surface area contributed by atoms with Crippen LogP contribution in [0.15, 0.2) is 48.5 Å². The summed E-state index contributed by atoms with van der Waals surface area (Å²) in [6.07, 6.45) is 2.80. The number of carbonyl (C=O) groups is 2. The molecule has 0 aromatic heterocycles. The average molecular weight is 504 g/mol. The first-order chi connectivity index (χ1) is 16.7. The molecule has 1 atom stereocenters. The van der Waals surface area contributed by atoms with Gasteiger partial charge in [-0.1, -0.05) is 43.7 Å². The summed E-state index contributed by atoms with van der Waals surface area (Å²) in [5.74, 6) is 0.155. The normalized spacial score (nSPS) is 13.6. The van der Waals surface area contributed by atoms with Gasteiger partial charge in [0.15, 0.2) is 11.5 Å². The minimum Gasteiger partial charge on any atom is -0.486 e. The van der Waals surface area contributed by atoms with Crippen molar-refractivity contribution in [3.8, 4) is 11.5 Å². The highest BCUT2D eigenvalue weighted by Gasteiger charge is 2.30. The van der Waals surface area contributed by atoms with E-state index < -0.39 is 28.5 Å². The number of benzene rings is 2. The molecule has 0 fully saturated rings. The molecule has 0 bridgehead atoms. The van der Waals surface area contributed by atoms with Crippen molar-refractivity contribution in [3.05, 3.63) is 54.1 Å². The van der Waals surface area contributed by atoms with Crippen molar-refractivity contribution in [2.75, 3.05) is 36.9 Å². The van der Waals surface area contributed by atoms with E-state index in [1.807, 2.05) is 37.3 Å². The molecule has 2 aromatic rings. The fraction of sp³-hybridized carbons (Fsp3) is 0.440. The van der Waals surface area contributed by atoms with E-state index in [4.69, 9.17) is 9.47 Å². The van der Waals surface area contributed by atoms with Gasteiger partial charge in [0.05, 0.1) is 11.9 Å². The third-order valence-electron chi connectivity index (χ3n) is 5.69. The van der Waals surface area contributed by atoms with Crippen LogP contribution in [0.2, 0.25) is 0 Å². The van der Waals surface area contributed by atoms with Gasteiger partial charge in [0.2, 0.25) is 21.8 Å². The molecule has 0 radical (unpaired) electrons. The predicted octanol–water partition coefficient (Wildman–Crippen LogP) is 2.56. The molecule has 3 rings (SSSR count). The maximum atomic E-state index is 13.5. The van der Waals surface area contributed by atoms with E-state index >= 15 is 0 Å². The monoisotopic (exact) mass is 503 g/mol. The Hall–Kier alpha value is -3.27. The number of rotatable bonds is 11. The van der Waals surface area contributed by atoms with Gasteiger partial charge >= 0.3 is 0 Å². The molecule has 1 aliphatic rings. The van der Waals surface area contributed by atoms with Crippen LogP contribution in [0.3, 0.4) is 0 Å². The van der Waals surface area contributed by atoms with E-state index in [1.165, 1.54) is 4.90 Å². The standard InChI is InChI=1S/C25H33N3O6S/c1-4-5-13-26-25(30)19(2)27(17-20-9-7-6-8-10-20)24(29)18-28(35(3,31)32)21-11-12-22-23(16-21)34-15-14-33-22/h6-12,16,19H,4-5,13-15,17-18H2,1-3H3,(H,26,30)/t19-/m0/s1. The molecule has 190 valence electrons. The van der Waals surface area contributed by atoms with Crippen LogP contribution in [0.4, 0.5) is 5.69 Å². The molecule has 2 amide bonds. The van der Waals surface area contributed by atoms with Crippen LogP contribution in [0.25, 0.3) is 0 Å². The van der Waals surface area contributed by atoms with Crippen molar-refractivity contribution in [2.24, 2.45) is 0 Å². The van der Waals surface area contributed by atoms with Crippen LogP contribution in [0.1, 0.15) is 32.3 Å². The predicted molar refractivity (Wildman–Crippen MR) is 134 cm³/mol. The van der Waals surface area contributed by atoms with Crippen LogP contribution in [0.5, 0.6) is 11.5 Å². The number of carbonyl (C=O) groups excluding carboxylic acids is 2. The summed E-state index contributed by atoms with van der Waals surface area (Å²) in [6, 6.07) is 13.2. The van der Waals surface area contributed by atoms with Crippen LogP contribution in [-0.2, 0) is 26.2 Å². The fourth-order valence-electron chi connectivity index (χ4n) is 3.70. The Morgan fingerprint density at radius 2 is 1.74 bits per heavy atom. The summed E-state index contributed by atoms with van der Waals surface area (Å²) < 4.78 is 37.5. The van der Waals surface area contributed by atoms with E-state index in [0.29, 0.717) is 31.3 Å². The summed E-state index contributed by atoms with van der Waals surface area (Å²) in [7, 11) is -3.82. The van der Waals surface area contributed by atoms with E-state index in [0.717, 1.165) is 29.0 Å². The molecule has 0 saturated heterocycles. The zero-order valence-corrected chi connectivity index (χ0v) is 21.2. The lowest BCUT2D eigenvalue weighted by Gasteiger charge is -2.31. The van der Waals surface area contributed by atoms with Crippen molar-refractivity contribution in [1.82, 2.24) is 10.2 Å². The van der Waals surface area contributed by atoms with Gasteiger partial charge in [0.25, 0.3) is 0 Å². The highest BCUT2D eigenvalue weighted by atomic mass is 32.2. The number of ether oxygens (including phenoxy) is 2. The van der Waals surface area contributed by atoms with Crippen LogP contribution < -0.4 is 19.1 Å². The van der Waals surface area contributed by atoms with Crippen molar-refractivity contribution in [1.29, 1.82) is 0 Å². The Balaban J connectivity index is 1.87. The molecule has 0 saturated carbocycles. The molecule has 0 aliphatic carbocycles. The maximum Gasteiger partial charge on any atom is 0.244 e. The van der Waals surface area contributed by atoms with Gasteiger partial charge in [-0.2, -0.15) is 0 Å². The smallest absolute Gasteiger partial charge is 0.244 e. The number of fused-ring (bicyclic) bond motifs is 1. The third-order valence-corrected chi connectivity index (χ3v) is 6.83. The number of nitrogens with zero attached hydrogens (tertiary/aromatic N) is 2. The van der Waals surface area contributed by atoms with Crippen LogP contribution >= 0.6 is 0 Å². The third kappa shape index (κ3) is 7.11. The van der Waals surface area contributed by atoms with Gasteiger partial charge in [-0.25, -0.2) is 8.42 Å². The molecule has 35 heavy (non-hydrogen) atoms. The Bertz CT molecular complexity index is 1120. The summed E-state index contributed by atoms with van der Waals surface area (Å²) in [5.41, 5.74) is 1.11. The second kappa shape index (κ2) is 11.9. The molecular formula is C25H33N3O6S. The molecular weight excluding hydrogens is 470 g/mol. The lowest BCUT2D eigenvalue weighted by atomic mass is 10.1. The number of hydrogen-bond donors (Lipinski definition) is 1. The number of amides is 2. The van der Waals surface area contributed by atoms with E-state index in [2.05, 4.69) is 5.32 Å². The Morgan fingerprint density at radius 1 is 1.06 bits per heavy atom. The highest BCUT2D eigenvalue weighted by Crippen LogP contribution is 2.34. The number of nitrogens with one attached hydrogen (secondary N) is 1. The summed E-state index contributed by atoms with van der Waals surface area (Å²) >= 11 is 0. The molecule has 1 heterocycles. The molecule has 0 spiro atoms. The maximum absolute atomic E-state index is 13.5. The van der Waals surface area contributed by atoms with Crippen LogP contribution in [-0.4, -0.2) is 63.7 Å². The Morgan fingerprint density at radius 3 is 2.40 bits per heavy atom. The first kappa shape index (κ1) is 26.3. The molecule has 0 unspecified atom stereocenters. The van der Waals surface area contributed by atoms with E-state index in [-0.39, 0.29) is 18.1 Å². The van der Waals surface area contributed by atoms with Gasteiger partial charge in [0, 0.05) is 19.2 Å². The molecule has 9 nitrogen and oxygen atoms in total. The summed E-state index contributed by atoms with van der Waals surface area (Å²) in [5, 5.41) is 2.86. The second-order valence-electron chi connectivity index (χ2n) is 8.43. The fourth-order valence-corrected chi connectivity index (χ4v) is 4.54. The lowest BCUT2D eigenvalue weighted by Crippen LogP contribution is -2.51. The topological polar surface area (TPSA) is 105 Å². The second-order valence-corrected chi connectivity index (χ2v) is 10.3. The minimum absolute atomic E-state index is 0.167. The molecule has 1 N–H and O–H groups in total. The minimum atomic E-state index is -3.82. The molecule has 10 heteroatoms. The van der Waals surface area contributed by atoms with Gasteiger partial charge in [-0.15, -0.1) is 0 Å². The van der Waals surface area contributed by atoms with Crippen molar-refractivity contribution < 1.29 is 27.5 Å². The van der Waals surface area contributed by atoms with E-state index in [1.54, 1.807) is 25.1 Å². The van der Waals surface area contributed by atoms with Gasteiger partial charge in [-0.05, 0) is 31.0 Å². The van der Waals surface area contributed by atoms with Crippen LogP contribution in [0, 0.1) is 0 Å². The SMILES string of the molecule is CCCCNC(=O)[C@H](C)N(Cc1ccccc1)C(=O)CN(c1ccc2c(c1)OCCO2)S(C)(=O)=O. The molecule has 1 aliphatic heterocycles. The van der Waals surface area contributed by atoms with Gasteiger partial charge < -0.3 is 19.7 Å². The zero-order chi connectivity index (χ0) is 25.4. The largest absolute Gasteiger partial charge is 0.486 e. The first-order valence-corrected chi connectivity index (χ1v) is 13.5. The van der Waals surface area contributed by atoms with Crippen molar-refractivity contribution in [3.63, 3.8) is 0 Å². The van der Waals surface area contributed by atoms with Crippen molar-refractivity contribution >= 4 is 27.5 Å². The quantitative estimate of drug-likeness (QED) is 0.473. The lowest BCUT2D eigenvalue weighted by molar-refractivity contribution is -0.139. The number of anilines is 1. The highest BCUT2D eigenvalue weighted by molar-refractivity contribution is 7.92. The summed E-state index contributed by atoms with van der Waals surface area (Å²) in [4.78, 5) is 27.7. The summed E-state index contributed by atoms with van der Waals surface area (Å²) in [6.45, 7) is 4.66. The first-order valence-electron chi connectivity index (χ1n) is 11.7. The molecule has 2 aromatic carbocycles. The van der Waals surface area contributed by atoms with Crippen molar-refractivity contribution in [2.45, 2.75) is 39.3 Å². The van der Waals surface area contributed by atoms with Gasteiger partial charge in [0.1, 0.15) is 25.8 Å².